The van der Waals surface area contributed by atoms with Crippen molar-refractivity contribution in [3.8, 4) is 0 Å². The number of hydrogen-bond acceptors (Lipinski definition) is 1. The summed E-state index contributed by atoms with van der Waals surface area (Å²) in [6, 6.07) is 0. The van der Waals surface area contributed by atoms with E-state index in [-0.39, 0.29) is 7.43 Å². The molecule has 0 aliphatic heterocycles. The Kier molecular flexibility index (Phi) is 11.1. The summed E-state index contributed by atoms with van der Waals surface area (Å²) in [4.78, 5) is 0. The fraction of sp³-hybridized carbons (Fsp3) is 0.909. The molecular weight excluding hydrogens is 278 g/mol. The van der Waals surface area contributed by atoms with Gasteiger partial charge >= 0.3 is 0 Å². The van der Waals surface area contributed by atoms with Gasteiger partial charge in [0.05, 0.1) is 0 Å². The predicted molar refractivity (Wildman–Crippen MR) is 107 cm³/mol. The fourth-order valence-electron chi connectivity index (χ4n) is 2.34. The highest BCUT2D eigenvalue weighted by Gasteiger charge is 2.56. The molecule has 5 aliphatic rings. The maximum Gasteiger partial charge on any atom is 0.0212 e. The maximum atomic E-state index is 6.00. The normalized spacial score (nSPS) is 36.3. The molecule has 0 spiro atoms. The van der Waals surface area contributed by atoms with Gasteiger partial charge in [0.1, 0.15) is 0 Å². The molecule has 0 aromatic rings. The molecule has 1 heteroatoms. The molecule has 23 heavy (non-hydrogen) atoms. The first-order valence-electron chi connectivity index (χ1n) is 9.99. The van der Waals surface area contributed by atoms with Gasteiger partial charge in [0.2, 0.25) is 0 Å². The summed E-state index contributed by atoms with van der Waals surface area (Å²) in [6.07, 6.45) is 16.5. The second-order valence-corrected chi connectivity index (χ2v) is 7.73. The van der Waals surface area contributed by atoms with Gasteiger partial charge < -0.3 is 5.73 Å². The van der Waals surface area contributed by atoms with Gasteiger partial charge in [-0.3, -0.25) is 0 Å². The monoisotopic (exact) mass is 323 g/mol. The van der Waals surface area contributed by atoms with Gasteiger partial charge in [0.15, 0.2) is 0 Å². The summed E-state index contributed by atoms with van der Waals surface area (Å²) in [5, 5.41) is 0. The fourth-order valence-corrected chi connectivity index (χ4v) is 2.34. The Morgan fingerprint density at radius 2 is 1.30 bits per heavy atom. The van der Waals surface area contributed by atoms with Crippen molar-refractivity contribution in [2.45, 2.75) is 105 Å². The molecule has 2 N–H and O–H groups in total. The molecule has 0 saturated heterocycles. The molecule has 0 amide bonds. The summed E-state index contributed by atoms with van der Waals surface area (Å²) in [5.74, 6) is 3.56. The van der Waals surface area contributed by atoms with Crippen molar-refractivity contribution in [3.05, 3.63) is 12.7 Å². The van der Waals surface area contributed by atoms with E-state index in [1.807, 2.05) is 19.9 Å². The van der Waals surface area contributed by atoms with Gasteiger partial charge in [-0.05, 0) is 49.4 Å². The van der Waals surface area contributed by atoms with Crippen molar-refractivity contribution in [1.29, 1.82) is 0 Å². The van der Waals surface area contributed by atoms with E-state index in [4.69, 9.17) is 5.73 Å². The topological polar surface area (TPSA) is 26.0 Å². The second-order valence-electron chi connectivity index (χ2n) is 7.73. The molecule has 4 atom stereocenters. The molecule has 0 radical (unpaired) electrons. The van der Waals surface area contributed by atoms with Gasteiger partial charge in [-0.2, -0.15) is 0 Å². The lowest BCUT2D eigenvalue weighted by atomic mass is 10.1. The summed E-state index contributed by atoms with van der Waals surface area (Å²) in [7, 11) is 0. The zero-order chi connectivity index (χ0) is 16.6. The van der Waals surface area contributed by atoms with E-state index < -0.39 is 0 Å². The molecule has 1 nitrogen and oxygen atoms in total. The molecule has 0 heterocycles. The number of nitrogens with two attached hydrogens (primary N) is 1. The Labute approximate surface area is 147 Å². The Morgan fingerprint density at radius 3 is 1.35 bits per heavy atom. The van der Waals surface area contributed by atoms with Gasteiger partial charge in [0.25, 0.3) is 0 Å². The van der Waals surface area contributed by atoms with Crippen LogP contribution in [0.3, 0.4) is 0 Å². The number of rotatable bonds is 2. The van der Waals surface area contributed by atoms with Crippen LogP contribution in [0.15, 0.2) is 12.7 Å². The number of allylic oxidation sites excluding steroid dienone is 1. The highest BCUT2D eigenvalue weighted by Crippen LogP contribution is 2.55. The van der Waals surface area contributed by atoms with Crippen LogP contribution in [0.25, 0.3) is 0 Å². The largest absolute Gasteiger partial charge is 0.325 e. The van der Waals surface area contributed by atoms with Gasteiger partial charge in [-0.25, -0.2) is 0 Å². The summed E-state index contributed by atoms with van der Waals surface area (Å²) >= 11 is 0. The van der Waals surface area contributed by atoms with Gasteiger partial charge in [-0.1, -0.05) is 79.7 Å². The molecule has 5 rings (SSSR count). The average Bonchev–Trinajstić information content (AvgIpc) is 3.35. The van der Waals surface area contributed by atoms with Gasteiger partial charge in [-0.15, -0.1) is 6.58 Å². The van der Waals surface area contributed by atoms with E-state index in [2.05, 4.69) is 20.4 Å². The molecule has 5 saturated carbocycles. The molecule has 5 aliphatic carbocycles. The van der Waals surface area contributed by atoms with Crippen molar-refractivity contribution < 1.29 is 0 Å². The Morgan fingerprint density at radius 1 is 0.957 bits per heavy atom. The van der Waals surface area contributed by atoms with Crippen LogP contribution in [-0.4, -0.2) is 5.54 Å². The lowest BCUT2D eigenvalue weighted by Gasteiger charge is -2.04. The highest BCUT2D eigenvalue weighted by atomic mass is 14.9. The quantitative estimate of drug-likeness (QED) is 0.546. The average molecular weight is 324 g/mol. The van der Waals surface area contributed by atoms with Crippen LogP contribution in [0.2, 0.25) is 0 Å². The van der Waals surface area contributed by atoms with E-state index >= 15 is 0 Å². The van der Waals surface area contributed by atoms with Crippen molar-refractivity contribution >= 4 is 0 Å². The van der Waals surface area contributed by atoms with Crippen LogP contribution in [0.5, 0.6) is 0 Å². The van der Waals surface area contributed by atoms with E-state index in [0.717, 1.165) is 23.7 Å². The lowest BCUT2D eigenvalue weighted by molar-refractivity contribution is 0.543. The van der Waals surface area contributed by atoms with Crippen LogP contribution < -0.4 is 5.73 Å². The summed E-state index contributed by atoms with van der Waals surface area (Å²) < 4.78 is 0. The molecule has 4 unspecified atom stereocenters. The molecule has 5 fully saturated rings. The summed E-state index contributed by atoms with van der Waals surface area (Å²) in [6.45, 7) is 12.2. The third kappa shape index (κ3) is 11.0. The van der Waals surface area contributed by atoms with Crippen molar-refractivity contribution in [1.82, 2.24) is 0 Å². The lowest BCUT2D eigenvalue weighted by Crippen LogP contribution is -2.26. The van der Waals surface area contributed by atoms with E-state index in [9.17, 15) is 0 Å². The summed E-state index contributed by atoms with van der Waals surface area (Å²) in [5.41, 5.74) is 6.31. The second kappa shape index (κ2) is 11.3. The third-order valence-electron chi connectivity index (χ3n) is 4.94. The Balaban J connectivity index is 0.000000286. The van der Waals surface area contributed by atoms with Gasteiger partial charge in [0, 0.05) is 5.54 Å². The molecule has 0 aromatic carbocycles. The molecule has 0 aromatic heterocycles. The first-order chi connectivity index (χ1) is 10.6. The highest BCUT2D eigenvalue weighted by molar-refractivity contribution is 5.13. The Bertz CT molecular complexity index is 292. The predicted octanol–water partition coefficient (Wildman–Crippen LogP) is 6.97. The first kappa shape index (κ1) is 22.7. The molecule has 0 bridgehead atoms. The Hall–Kier alpha value is -0.300. The van der Waals surface area contributed by atoms with Crippen LogP contribution in [-0.2, 0) is 0 Å². The third-order valence-corrected chi connectivity index (χ3v) is 4.94. The van der Waals surface area contributed by atoms with E-state index in [1.165, 1.54) is 64.2 Å². The minimum absolute atomic E-state index is 0. The van der Waals surface area contributed by atoms with Crippen molar-refractivity contribution in [2.75, 3.05) is 0 Å². The smallest absolute Gasteiger partial charge is 0.0212 e. The minimum Gasteiger partial charge on any atom is -0.325 e. The van der Waals surface area contributed by atoms with Crippen molar-refractivity contribution in [2.24, 2.45) is 29.4 Å². The standard InChI is InChI=1S/C7H13N.C6H10.2C3H6.C2H6.CH4/c1-5-4-7(5,8)6-2-3-6;1-3-6-4-5(6)2;2*1-2-3-1;1-2;/h5-6H,2-4,8H2,1H3;3,5-6H,1,4H2,2H3;2*1-3H2;1-2H3;1H4. The van der Waals surface area contributed by atoms with Crippen LogP contribution in [0, 0.1) is 23.7 Å². The zero-order valence-corrected chi connectivity index (χ0v) is 15.7. The molecular formula is C22H45N. The minimum atomic E-state index is 0. The van der Waals surface area contributed by atoms with Crippen LogP contribution in [0.1, 0.15) is 99.3 Å². The van der Waals surface area contributed by atoms with Crippen LogP contribution >= 0.6 is 0 Å². The maximum absolute atomic E-state index is 6.00. The van der Waals surface area contributed by atoms with Crippen LogP contribution in [0.4, 0.5) is 0 Å². The van der Waals surface area contributed by atoms with Crippen molar-refractivity contribution in [3.63, 3.8) is 0 Å². The first-order valence-corrected chi connectivity index (χ1v) is 9.99. The SMILES string of the molecule is C.C1CC1.C1CC1.C=CC1CC1C.CC.CC1CC1(N)C1CC1. The zero-order valence-electron chi connectivity index (χ0n) is 15.7. The number of hydrogen-bond donors (Lipinski definition) is 1. The van der Waals surface area contributed by atoms with E-state index in [0.29, 0.717) is 5.54 Å². The van der Waals surface area contributed by atoms with E-state index in [1.54, 1.807) is 0 Å². The molecule has 138 valence electrons.